The maximum Gasteiger partial charge on any atom is 0.147 e. The second-order valence-electron chi connectivity index (χ2n) is 4.46. The molecule has 0 aromatic heterocycles. The highest BCUT2D eigenvalue weighted by Gasteiger charge is 2.49. The molecule has 3 heteroatoms. The number of Topliss-reactive ketones (excluding diaryl/α,β-unsaturated/α-hetero) is 2. The molecule has 0 saturated heterocycles. The minimum atomic E-state index is -0.470. The van der Waals surface area contributed by atoms with Gasteiger partial charge in [-0.2, -0.15) is 0 Å². The Hall–Kier alpha value is -0.990. The van der Waals surface area contributed by atoms with E-state index in [0.29, 0.717) is 12.8 Å². The van der Waals surface area contributed by atoms with Gasteiger partial charge in [0.15, 0.2) is 0 Å². The van der Waals surface area contributed by atoms with Gasteiger partial charge in [0.25, 0.3) is 0 Å². The number of rotatable bonds is 2. The van der Waals surface area contributed by atoms with Crippen LogP contribution in [0.2, 0.25) is 0 Å². The van der Waals surface area contributed by atoms with Gasteiger partial charge >= 0.3 is 0 Å². The molecular formula is C12H15FO2. The molecule has 0 bridgehead atoms. The zero-order valence-electron chi connectivity index (χ0n) is 8.78. The first-order valence-electron chi connectivity index (χ1n) is 5.47. The van der Waals surface area contributed by atoms with Gasteiger partial charge in [0.2, 0.25) is 0 Å². The number of hydrogen-bond acceptors (Lipinski definition) is 2. The van der Waals surface area contributed by atoms with Crippen LogP contribution in [0.15, 0.2) is 12.2 Å². The summed E-state index contributed by atoms with van der Waals surface area (Å²) in [6, 6.07) is 0. The molecule has 1 fully saturated rings. The molecule has 0 N–H and O–H groups in total. The van der Waals surface area contributed by atoms with Crippen molar-refractivity contribution in [3.8, 4) is 0 Å². The second-order valence-corrected chi connectivity index (χ2v) is 4.46. The standard InChI is InChI=1S/C12H15FO2/c1-7-11(14)9-4-2-3-8(5-6-13)10(9)12(7)15/h2-3,7-10H,4-6H2,1H3. The number of halogens is 1. The highest BCUT2D eigenvalue weighted by atomic mass is 19.1. The average molecular weight is 210 g/mol. The van der Waals surface area contributed by atoms with Crippen LogP contribution in [0.3, 0.4) is 0 Å². The number of ketones is 2. The first-order valence-corrected chi connectivity index (χ1v) is 5.47. The predicted molar refractivity (Wildman–Crippen MR) is 54.0 cm³/mol. The number of carbonyl (C=O) groups is 2. The molecule has 0 radical (unpaired) electrons. The molecule has 0 amide bonds. The lowest BCUT2D eigenvalue weighted by Gasteiger charge is -2.26. The third-order valence-electron chi connectivity index (χ3n) is 3.66. The summed E-state index contributed by atoms with van der Waals surface area (Å²) in [7, 11) is 0. The first-order chi connectivity index (χ1) is 7.16. The van der Waals surface area contributed by atoms with E-state index >= 15 is 0 Å². The molecule has 1 saturated carbocycles. The van der Waals surface area contributed by atoms with Gasteiger partial charge in [0.05, 0.1) is 12.6 Å². The number of hydrogen-bond donors (Lipinski definition) is 0. The number of alkyl halides is 1. The maximum absolute atomic E-state index is 12.3. The van der Waals surface area contributed by atoms with Crippen molar-refractivity contribution in [1.29, 1.82) is 0 Å². The summed E-state index contributed by atoms with van der Waals surface area (Å²) >= 11 is 0. The van der Waals surface area contributed by atoms with Crippen LogP contribution in [-0.4, -0.2) is 18.2 Å². The molecule has 4 atom stereocenters. The Morgan fingerprint density at radius 2 is 2.13 bits per heavy atom. The van der Waals surface area contributed by atoms with Crippen molar-refractivity contribution in [2.75, 3.05) is 6.67 Å². The Kier molecular flexibility index (Phi) is 2.72. The highest BCUT2D eigenvalue weighted by molar-refractivity contribution is 6.11. The predicted octanol–water partition coefficient (Wildman–Crippen LogP) is 1.94. The highest BCUT2D eigenvalue weighted by Crippen LogP contribution is 2.41. The molecule has 2 nitrogen and oxygen atoms in total. The van der Waals surface area contributed by atoms with E-state index < -0.39 is 12.6 Å². The fourth-order valence-corrected chi connectivity index (χ4v) is 2.82. The molecule has 4 unspecified atom stereocenters. The number of carbonyl (C=O) groups excluding carboxylic acids is 2. The van der Waals surface area contributed by atoms with E-state index in [9.17, 15) is 14.0 Å². The Labute approximate surface area is 88.5 Å². The van der Waals surface area contributed by atoms with Crippen molar-refractivity contribution < 1.29 is 14.0 Å². The van der Waals surface area contributed by atoms with Gasteiger partial charge in [0, 0.05) is 11.8 Å². The van der Waals surface area contributed by atoms with E-state index in [4.69, 9.17) is 0 Å². The zero-order valence-corrected chi connectivity index (χ0v) is 8.78. The van der Waals surface area contributed by atoms with E-state index in [2.05, 4.69) is 0 Å². The maximum atomic E-state index is 12.3. The largest absolute Gasteiger partial charge is 0.299 e. The average Bonchev–Trinajstić information content (AvgIpc) is 2.46. The third kappa shape index (κ3) is 1.54. The lowest BCUT2D eigenvalue weighted by molar-refractivity contribution is -0.127. The monoisotopic (exact) mass is 210 g/mol. The summed E-state index contributed by atoms with van der Waals surface area (Å²) in [5.41, 5.74) is 0. The van der Waals surface area contributed by atoms with Crippen molar-refractivity contribution >= 4 is 11.6 Å². The third-order valence-corrected chi connectivity index (χ3v) is 3.66. The van der Waals surface area contributed by atoms with Crippen LogP contribution < -0.4 is 0 Å². The van der Waals surface area contributed by atoms with Gasteiger partial charge in [-0.25, -0.2) is 0 Å². The molecule has 0 aromatic rings. The van der Waals surface area contributed by atoms with Gasteiger partial charge < -0.3 is 0 Å². The normalized spacial score (nSPS) is 39.6. The van der Waals surface area contributed by atoms with Crippen LogP contribution >= 0.6 is 0 Å². The summed E-state index contributed by atoms with van der Waals surface area (Å²) in [6.45, 7) is 1.25. The van der Waals surface area contributed by atoms with Crippen molar-refractivity contribution in [3.05, 3.63) is 12.2 Å². The van der Waals surface area contributed by atoms with E-state index in [1.54, 1.807) is 6.92 Å². The summed E-state index contributed by atoms with van der Waals surface area (Å²) in [5, 5.41) is 0. The smallest absolute Gasteiger partial charge is 0.147 e. The quantitative estimate of drug-likeness (QED) is 0.515. The molecule has 0 heterocycles. The molecular weight excluding hydrogens is 195 g/mol. The Balaban J connectivity index is 2.26. The van der Waals surface area contributed by atoms with Crippen molar-refractivity contribution in [1.82, 2.24) is 0 Å². The van der Waals surface area contributed by atoms with Gasteiger partial charge in [-0.1, -0.05) is 12.2 Å². The first kappa shape index (κ1) is 10.5. The van der Waals surface area contributed by atoms with Crippen molar-refractivity contribution in [2.45, 2.75) is 19.8 Å². The summed E-state index contributed by atoms with van der Waals surface area (Å²) < 4.78 is 12.3. The van der Waals surface area contributed by atoms with Gasteiger partial charge in [-0.15, -0.1) is 0 Å². The molecule has 15 heavy (non-hydrogen) atoms. The molecule has 0 aromatic carbocycles. The lowest BCUT2D eigenvalue weighted by atomic mass is 9.76. The molecule has 0 spiro atoms. The molecule has 2 aliphatic rings. The summed E-state index contributed by atoms with van der Waals surface area (Å²) in [4.78, 5) is 23.6. The second kappa shape index (κ2) is 3.87. The molecule has 2 aliphatic carbocycles. The van der Waals surface area contributed by atoms with Gasteiger partial charge in [-0.3, -0.25) is 14.0 Å². The van der Waals surface area contributed by atoms with Crippen molar-refractivity contribution in [3.63, 3.8) is 0 Å². The fraction of sp³-hybridized carbons (Fsp3) is 0.667. The zero-order chi connectivity index (χ0) is 11.0. The molecule has 2 rings (SSSR count). The SMILES string of the molecule is CC1C(=O)C2CC=CC(CCF)C2C1=O. The summed E-state index contributed by atoms with van der Waals surface area (Å²) in [6.07, 6.45) is 4.85. The Morgan fingerprint density at radius 3 is 2.80 bits per heavy atom. The minimum absolute atomic E-state index is 0.0211. The minimum Gasteiger partial charge on any atom is -0.299 e. The number of allylic oxidation sites excluding steroid dienone is 2. The lowest BCUT2D eigenvalue weighted by Crippen LogP contribution is -2.28. The van der Waals surface area contributed by atoms with Crippen LogP contribution in [0.5, 0.6) is 0 Å². The molecule has 82 valence electrons. The van der Waals surface area contributed by atoms with Gasteiger partial charge in [-0.05, 0) is 25.7 Å². The van der Waals surface area contributed by atoms with E-state index in [0.717, 1.165) is 0 Å². The Bertz CT molecular complexity index is 322. The van der Waals surface area contributed by atoms with E-state index in [1.807, 2.05) is 12.2 Å². The van der Waals surface area contributed by atoms with Gasteiger partial charge in [0.1, 0.15) is 11.6 Å². The van der Waals surface area contributed by atoms with E-state index in [-0.39, 0.29) is 29.3 Å². The van der Waals surface area contributed by atoms with Crippen LogP contribution in [0, 0.1) is 23.7 Å². The van der Waals surface area contributed by atoms with Crippen molar-refractivity contribution in [2.24, 2.45) is 23.7 Å². The van der Waals surface area contributed by atoms with Crippen LogP contribution in [0.1, 0.15) is 19.8 Å². The topological polar surface area (TPSA) is 34.1 Å². The Morgan fingerprint density at radius 1 is 1.40 bits per heavy atom. The van der Waals surface area contributed by atoms with Crippen LogP contribution in [0.4, 0.5) is 4.39 Å². The summed E-state index contributed by atoms with van der Waals surface area (Å²) in [5.74, 6) is -0.870. The van der Waals surface area contributed by atoms with E-state index in [1.165, 1.54) is 0 Å². The van der Waals surface area contributed by atoms with Crippen LogP contribution in [-0.2, 0) is 9.59 Å². The molecule has 0 aliphatic heterocycles. The van der Waals surface area contributed by atoms with Crippen LogP contribution in [0.25, 0.3) is 0 Å². The number of fused-ring (bicyclic) bond motifs is 1. The fourth-order valence-electron chi connectivity index (χ4n) is 2.82.